The van der Waals surface area contributed by atoms with Crippen LogP contribution < -0.4 is 10.1 Å². The smallest absolute Gasteiger partial charge is 0.337 e. The van der Waals surface area contributed by atoms with Gasteiger partial charge in [0.2, 0.25) is 11.1 Å². The second kappa shape index (κ2) is 9.69. The number of carbonyl (C=O) groups excluding carboxylic acids is 2. The summed E-state index contributed by atoms with van der Waals surface area (Å²) in [5, 5.41) is 9.72. The number of nitrogens with one attached hydrogen (secondary N) is 2. The van der Waals surface area contributed by atoms with Crippen LogP contribution in [0.4, 0.5) is 10.1 Å². The fourth-order valence-corrected chi connectivity index (χ4v) is 2.90. The molecule has 3 rings (SSSR count). The Morgan fingerprint density at radius 2 is 2.03 bits per heavy atom. The monoisotopic (exact) mass is 416 g/mol. The molecule has 0 saturated heterocycles. The highest BCUT2D eigenvalue weighted by Gasteiger charge is 2.11. The predicted octanol–water partition coefficient (Wildman–Crippen LogP) is 3.04. The SMILES string of the molecule is COC(=O)c1cccc(NC(=O)CSc2n[nH]c(COc3ccccc3F)n2)c1. The molecule has 1 heterocycles. The largest absolute Gasteiger partial charge is 0.483 e. The first-order valence-electron chi connectivity index (χ1n) is 8.45. The number of carbonyl (C=O) groups is 2. The minimum absolute atomic E-state index is 0.0149. The van der Waals surface area contributed by atoms with E-state index in [1.54, 1.807) is 30.3 Å². The molecular weight excluding hydrogens is 399 g/mol. The molecule has 0 atom stereocenters. The third-order valence-electron chi connectivity index (χ3n) is 3.61. The van der Waals surface area contributed by atoms with Gasteiger partial charge in [-0.1, -0.05) is 30.0 Å². The third kappa shape index (κ3) is 5.79. The summed E-state index contributed by atoms with van der Waals surface area (Å²) in [6.45, 7) is 0.0149. The summed E-state index contributed by atoms with van der Waals surface area (Å²) >= 11 is 1.12. The number of hydrogen-bond acceptors (Lipinski definition) is 7. The highest BCUT2D eigenvalue weighted by atomic mass is 32.2. The topological polar surface area (TPSA) is 106 Å². The number of ether oxygens (including phenoxy) is 2. The molecular formula is C19H17FN4O4S. The number of rotatable bonds is 8. The summed E-state index contributed by atoms with van der Waals surface area (Å²) in [6, 6.07) is 12.5. The first-order valence-corrected chi connectivity index (χ1v) is 9.43. The van der Waals surface area contributed by atoms with E-state index in [9.17, 15) is 14.0 Å². The summed E-state index contributed by atoms with van der Waals surface area (Å²) < 4.78 is 23.5. The predicted molar refractivity (Wildman–Crippen MR) is 104 cm³/mol. The molecule has 0 aliphatic rings. The van der Waals surface area contributed by atoms with Crippen molar-refractivity contribution in [2.24, 2.45) is 0 Å². The van der Waals surface area contributed by atoms with Crippen molar-refractivity contribution < 1.29 is 23.5 Å². The van der Waals surface area contributed by atoms with Crippen LogP contribution in [-0.2, 0) is 16.1 Å². The molecule has 10 heteroatoms. The van der Waals surface area contributed by atoms with Crippen molar-refractivity contribution in [1.29, 1.82) is 0 Å². The van der Waals surface area contributed by atoms with Gasteiger partial charge in [-0.25, -0.2) is 14.2 Å². The zero-order valence-electron chi connectivity index (χ0n) is 15.3. The Hall–Kier alpha value is -3.40. The van der Waals surface area contributed by atoms with Gasteiger partial charge in [-0.3, -0.25) is 9.89 Å². The average molecular weight is 416 g/mol. The Balaban J connectivity index is 1.48. The molecule has 0 unspecified atom stereocenters. The molecule has 0 saturated carbocycles. The lowest BCUT2D eigenvalue weighted by atomic mass is 10.2. The second-order valence-electron chi connectivity index (χ2n) is 5.69. The number of esters is 1. The van der Waals surface area contributed by atoms with Crippen molar-refractivity contribution in [3.63, 3.8) is 0 Å². The third-order valence-corrected chi connectivity index (χ3v) is 4.46. The van der Waals surface area contributed by atoms with E-state index in [2.05, 4.69) is 25.2 Å². The Kier molecular flexibility index (Phi) is 6.80. The molecule has 0 spiro atoms. The van der Waals surface area contributed by atoms with Crippen LogP contribution in [0.3, 0.4) is 0 Å². The number of benzene rings is 2. The van der Waals surface area contributed by atoms with Gasteiger partial charge in [0, 0.05) is 5.69 Å². The van der Waals surface area contributed by atoms with Gasteiger partial charge >= 0.3 is 5.97 Å². The number of nitrogens with zero attached hydrogens (tertiary/aromatic N) is 2. The lowest BCUT2D eigenvalue weighted by molar-refractivity contribution is -0.113. The van der Waals surface area contributed by atoms with E-state index in [0.29, 0.717) is 22.2 Å². The van der Waals surface area contributed by atoms with Crippen LogP contribution in [-0.4, -0.2) is 39.9 Å². The molecule has 150 valence electrons. The standard InChI is InChI=1S/C19H17FN4O4S/c1-27-18(26)12-5-4-6-13(9-12)21-17(25)11-29-19-22-16(23-24-19)10-28-15-8-3-2-7-14(15)20/h2-9H,10-11H2,1H3,(H,21,25)(H,22,23,24). The average Bonchev–Trinajstić information content (AvgIpc) is 3.19. The van der Waals surface area contributed by atoms with Gasteiger partial charge in [0.1, 0.15) is 6.61 Å². The summed E-state index contributed by atoms with van der Waals surface area (Å²) in [6.07, 6.45) is 0. The molecule has 0 aliphatic carbocycles. The maximum absolute atomic E-state index is 13.5. The van der Waals surface area contributed by atoms with E-state index < -0.39 is 11.8 Å². The second-order valence-corrected chi connectivity index (χ2v) is 6.64. The molecule has 3 aromatic rings. The van der Waals surface area contributed by atoms with Crippen molar-refractivity contribution in [3.05, 3.63) is 65.7 Å². The lowest BCUT2D eigenvalue weighted by Gasteiger charge is -2.06. The summed E-state index contributed by atoms with van der Waals surface area (Å²) in [4.78, 5) is 27.8. The summed E-state index contributed by atoms with van der Waals surface area (Å²) in [5.41, 5.74) is 0.818. The molecule has 0 bridgehead atoms. The Bertz CT molecular complexity index is 1010. The van der Waals surface area contributed by atoms with Crippen molar-refractivity contribution >= 4 is 29.3 Å². The van der Waals surface area contributed by atoms with E-state index in [1.807, 2.05) is 0 Å². The van der Waals surface area contributed by atoms with Crippen LogP contribution in [0.1, 0.15) is 16.2 Å². The quantitative estimate of drug-likeness (QED) is 0.429. The van der Waals surface area contributed by atoms with Crippen molar-refractivity contribution in [3.8, 4) is 5.75 Å². The highest BCUT2D eigenvalue weighted by molar-refractivity contribution is 7.99. The molecule has 2 aromatic carbocycles. The number of halogens is 1. The summed E-state index contributed by atoms with van der Waals surface area (Å²) in [7, 11) is 1.29. The molecule has 1 aromatic heterocycles. The summed E-state index contributed by atoms with van der Waals surface area (Å²) in [5.74, 6) is -0.649. The number of para-hydroxylation sites is 1. The minimum atomic E-state index is -0.485. The normalized spacial score (nSPS) is 10.4. The van der Waals surface area contributed by atoms with Crippen LogP contribution in [0.25, 0.3) is 0 Å². The van der Waals surface area contributed by atoms with E-state index in [0.717, 1.165) is 11.8 Å². The van der Waals surface area contributed by atoms with Crippen molar-refractivity contribution in [2.75, 3.05) is 18.2 Å². The van der Waals surface area contributed by atoms with Gasteiger partial charge < -0.3 is 14.8 Å². The maximum atomic E-state index is 13.5. The van der Waals surface area contributed by atoms with Gasteiger partial charge in [0.05, 0.1) is 18.4 Å². The Morgan fingerprint density at radius 1 is 1.21 bits per heavy atom. The number of H-pyrrole nitrogens is 1. The van der Waals surface area contributed by atoms with Crippen molar-refractivity contribution in [1.82, 2.24) is 15.2 Å². The van der Waals surface area contributed by atoms with E-state index in [-0.39, 0.29) is 24.0 Å². The molecule has 1 amide bonds. The van der Waals surface area contributed by atoms with Gasteiger partial charge in [-0.15, -0.1) is 5.10 Å². The van der Waals surface area contributed by atoms with Crippen molar-refractivity contribution in [2.45, 2.75) is 11.8 Å². The highest BCUT2D eigenvalue weighted by Crippen LogP contribution is 2.18. The van der Waals surface area contributed by atoms with Gasteiger partial charge in [0.25, 0.3) is 0 Å². The minimum Gasteiger partial charge on any atom is -0.483 e. The van der Waals surface area contributed by atoms with Crippen LogP contribution in [0.15, 0.2) is 53.7 Å². The number of methoxy groups -OCH3 is 1. The lowest BCUT2D eigenvalue weighted by Crippen LogP contribution is -2.14. The number of aromatic amines is 1. The van der Waals surface area contributed by atoms with Crippen LogP contribution in [0.5, 0.6) is 5.75 Å². The zero-order chi connectivity index (χ0) is 20.6. The number of anilines is 1. The van der Waals surface area contributed by atoms with Gasteiger partial charge in [-0.2, -0.15) is 0 Å². The maximum Gasteiger partial charge on any atom is 0.337 e. The number of amides is 1. The first-order chi connectivity index (χ1) is 14.0. The molecule has 0 fully saturated rings. The number of thioether (sulfide) groups is 1. The van der Waals surface area contributed by atoms with Crippen LogP contribution in [0, 0.1) is 5.82 Å². The fraction of sp³-hybridized carbons (Fsp3) is 0.158. The van der Waals surface area contributed by atoms with E-state index in [1.165, 1.54) is 25.3 Å². The molecule has 29 heavy (non-hydrogen) atoms. The first kappa shape index (κ1) is 20.3. The zero-order valence-corrected chi connectivity index (χ0v) is 16.2. The van der Waals surface area contributed by atoms with Gasteiger partial charge in [-0.05, 0) is 30.3 Å². The van der Waals surface area contributed by atoms with Gasteiger partial charge in [0.15, 0.2) is 17.4 Å². The van der Waals surface area contributed by atoms with E-state index in [4.69, 9.17) is 4.74 Å². The van der Waals surface area contributed by atoms with Crippen LogP contribution >= 0.6 is 11.8 Å². The van der Waals surface area contributed by atoms with Crippen LogP contribution in [0.2, 0.25) is 0 Å². The Labute approximate surface area is 169 Å². The Morgan fingerprint density at radius 3 is 2.83 bits per heavy atom. The molecule has 2 N–H and O–H groups in total. The van der Waals surface area contributed by atoms with E-state index >= 15 is 0 Å². The number of aromatic nitrogens is 3. The molecule has 0 aliphatic heterocycles. The molecule has 0 radical (unpaired) electrons. The fourth-order valence-electron chi connectivity index (χ4n) is 2.28. The number of hydrogen-bond donors (Lipinski definition) is 2. The molecule has 8 nitrogen and oxygen atoms in total.